The van der Waals surface area contributed by atoms with Gasteiger partial charge in [-0.2, -0.15) is 26.3 Å². The Kier molecular flexibility index (Phi) is 9.83. The van der Waals surface area contributed by atoms with Crippen molar-refractivity contribution in [2.24, 2.45) is 0 Å². The van der Waals surface area contributed by atoms with E-state index >= 15 is 0 Å². The average molecular weight is 609 g/mol. The SMILES string of the molecule is CS(=O)(=O)c1cc(/C=C/C(c2cc(Cl)c(F)c(Cl)c2)C(F)(F)F)ccc1C(=O)NCC(=O)NCC(F)(F)F. The van der Waals surface area contributed by atoms with Gasteiger partial charge < -0.3 is 10.6 Å². The molecular formula is C22H17Cl2F7N2O4S. The number of amides is 2. The fourth-order valence-corrected chi connectivity index (χ4v) is 4.44. The molecule has 0 saturated carbocycles. The molecule has 2 aromatic rings. The molecule has 0 bridgehead atoms. The van der Waals surface area contributed by atoms with Crippen LogP contribution in [0.15, 0.2) is 41.3 Å². The summed E-state index contributed by atoms with van der Waals surface area (Å²) in [5, 5.41) is 2.20. The first-order valence-corrected chi connectivity index (χ1v) is 12.8. The molecule has 0 spiro atoms. The topological polar surface area (TPSA) is 92.3 Å². The number of sulfone groups is 1. The van der Waals surface area contributed by atoms with Gasteiger partial charge in [-0.25, -0.2) is 12.8 Å². The highest BCUT2D eigenvalue weighted by atomic mass is 35.5. The molecule has 0 saturated heterocycles. The molecule has 2 rings (SSSR count). The summed E-state index contributed by atoms with van der Waals surface area (Å²) < 4.78 is 116. The Bertz CT molecular complexity index is 1340. The van der Waals surface area contributed by atoms with Crippen LogP contribution in [0, 0.1) is 5.82 Å². The number of halogens is 9. The van der Waals surface area contributed by atoms with Gasteiger partial charge in [-0.3, -0.25) is 9.59 Å². The van der Waals surface area contributed by atoms with Crippen molar-refractivity contribution in [3.8, 4) is 0 Å². The molecule has 0 radical (unpaired) electrons. The number of hydrogen-bond donors (Lipinski definition) is 2. The molecule has 0 aliphatic rings. The number of carbonyl (C=O) groups excluding carboxylic acids is 2. The normalized spacial score (nSPS) is 13.4. The highest BCUT2D eigenvalue weighted by Crippen LogP contribution is 2.39. The lowest BCUT2D eigenvalue weighted by Crippen LogP contribution is -2.41. The van der Waals surface area contributed by atoms with E-state index in [1.54, 1.807) is 0 Å². The second-order valence-corrected chi connectivity index (χ2v) is 10.6. The average Bonchev–Trinajstić information content (AvgIpc) is 2.77. The van der Waals surface area contributed by atoms with Gasteiger partial charge in [0, 0.05) is 6.26 Å². The lowest BCUT2D eigenvalue weighted by Gasteiger charge is -2.18. The van der Waals surface area contributed by atoms with E-state index in [-0.39, 0.29) is 5.56 Å². The van der Waals surface area contributed by atoms with E-state index in [4.69, 9.17) is 23.2 Å². The number of carbonyl (C=O) groups is 2. The van der Waals surface area contributed by atoms with Gasteiger partial charge in [-0.15, -0.1) is 0 Å². The van der Waals surface area contributed by atoms with Crippen molar-refractivity contribution in [1.29, 1.82) is 0 Å². The van der Waals surface area contributed by atoms with Crippen molar-refractivity contribution < 1.29 is 48.7 Å². The van der Waals surface area contributed by atoms with Gasteiger partial charge in [0.2, 0.25) is 5.91 Å². The third-order valence-electron chi connectivity index (χ3n) is 4.74. The summed E-state index contributed by atoms with van der Waals surface area (Å²) in [6.45, 7) is -2.55. The summed E-state index contributed by atoms with van der Waals surface area (Å²) in [7, 11) is -4.15. The molecule has 2 aromatic carbocycles. The Balaban J connectivity index is 2.35. The minimum absolute atomic E-state index is 0.0848. The smallest absolute Gasteiger partial charge is 0.345 e. The van der Waals surface area contributed by atoms with Crippen molar-refractivity contribution >= 4 is 50.9 Å². The Hall–Kier alpha value is -2.84. The van der Waals surface area contributed by atoms with Gasteiger partial charge in [0.1, 0.15) is 6.54 Å². The van der Waals surface area contributed by atoms with Gasteiger partial charge in [0.15, 0.2) is 15.7 Å². The molecule has 208 valence electrons. The summed E-state index contributed by atoms with van der Waals surface area (Å²) in [5.41, 5.74) is -1.08. The number of nitrogens with one attached hydrogen (secondary N) is 2. The van der Waals surface area contributed by atoms with E-state index in [1.165, 1.54) is 5.32 Å². The monoisotopic (exact) mass is 608 g/mol. The first-order valence-electron chi connectivity index (χ1n) is 10.1. The zero-order valence-electron chi connectivity index (χ0n) is 19.0. The summed E-state index contributed by atoms with van der Waals surface area (Å²) in [6, 6.07) is 4.43. The molecular weight excluding hydrogens is 592 g/mol. The van der Waals surface area contributed by atoms with Crippen molar-refractivity contribution in [3.63, 3.8) is 0 Å². The van der Waals surface area contributed by atoms with Gasteiger partial charge in [-0.05, 0) is 35.4 Å². The molecule has 0 aromatic heterocycles. The van der Waals surface area contributed by atoms with E-state index in [9.17, 15) is 48.7 Å². The molecule has 2 amide bonds. The van der Waals surface area contributed by atoms with Crippen molar-refractivity contribution in [3.05, 3.63) is 69.0 Å². The van der Waals surface area contributed by atoms with Crippen LogP contribution >= 0.6 is 23.2 Å². The second kappa shape index (κ2) is 11.9. The second-order valence-electron chi connectivity index (χ2n) is 7.78. The molecule has 2 N–H and O–H groups in total. The largest absolute Gasteiger partial charge is 0.405 e. The minimum Gasteiger partial charge on any atom is -0.345 e. The molecule has 0 heterocycles. The summed E-state index contributed by atoms with van der Waals surface area (Å²) >= 11 is 11.2. The molecule has 1 atom stereocenters. The van der Waals surface area contributed by atoms with E-state index in [0.29, 0.717) is 12.3 Å². The Morgan fingerprint density at radius 1 is 1.00 bits per heavy atom. The fourth-order valence-electron chi connectivity index (χ4n) is 3.03. The van der Waals surface area contributed by atoms with E-state index in [2.05, 4.69) is 0 Å². The van der Waals surface area contributed by atoms with Crippen molar-refractivity contribution in [2.45, 2.75) is 23.2 Å². The molecule has 16 heteroatoms. The number of rotatable bonds is 8. The van der Waals surface area contributed by atoms with E-state index in [1.807, 2.05) is 5.32 Å². The Morgan fingerprint density at radius 3 is 2.08 bits per heavy atom. The Morgan fingerprint density at radius 2 is 1.58 bits per heavy atom. The maximum Gasteiger partial charge on any atom is 0.405 e. The van der Waals surface area contributed by atoms with Crippen LogP contribution in [0.3, 0.4) is 0 Å². The zero-order valence-corrected chi connectivity index (χ0v) is 21.3. The van der Waals surface area contributed by atoms with E-state index in [0.717, 1.165) is 36.4 Å². The molecule has 0 fully saturated rings. The number of allylic oxidation sites excluding steroid dienone is 1. The van der Waals surface area contributed by atoms with Crippen LogP contribution in [-0.4, -0.2) is 51.9 Å². The number of benzene rings is 2. The zero-order chi connectivity index (χ0) is 29.1. The van der Waals surface area contributed by atoms with Crippen LogP contribution in [0.25, 0.3) is 6.08 Å². The van der Waals surface area contributed by atoms with Gasteiger partial charge >= 0.3 is 12.4 Å². The first kappa shape index (κ1) is 31.4. The van der Waals surface area contributed by atoms with Crippen molar-refractivity contribution in [1.82, 2.24) is 10.6 Å². The van der Waals surface area contributed by atoms with Crippen LogP contribution < -0.4 is 10.6 Å². The lowest BCUT2D eigenvalue weighted by molar-refractivity contribution is -0.139. The standard InChI is InChI=1S/C22H17Cl2F7N2O4S/c1-38(36,37)17-6-11(2-4-13(17)20(35)32-9-18(34)33-10-21(26,27)28)3-5-14(22(29,30)31)12-7-15(23)19(25)16(24)8-12/h2-8,14H,9-10H2,1H3,(H,32,35)(H,33,34)/b5-3+. The highest BCUT2D eigenvalue weighted by Gasteiger charge is 2.39. The first-order chi connectivity index (χ1) is 17.3. The van der Waals surface area contributed by atoms with E-state index < -0.39 is 84.9 Å². The third-order valence-corrected chi connectivity index (χ3v) is 6.43. The van der Waals surface area contributed by atoms with Gasteiger partial charge in [-0.1, -0.05) is 41.4 Å². The molecule has 6 nitrogen and oxygen atoms in total. The maximum atomic E-state index is 13.7. The summed E-state index contributed by atoms with van der Waals surface area (Å²) in [4.78, 5) is 23.3. The predicted octanol–water partition coefficient (Wildman–Crippen LogP) is 5.30. The highest BCUT2D eigenvalue weighted by molar-refractivity contribution is 7.90. The van der Waals surface area contributed by atoms with Crippen LogP contribution in [0.2, 0.25) is 10.0 Å². The lowest BCUT2D eigenvalue weighted by atomic mass is 9.96. The van der Waals surface area contributed by atoms with Crippen LogP contribution in [0.5, 0.6) is 0 Å². The van der Waals surface area contributed by atoms with Crippen molar-refractivity contribution in [2.75, 3.05) is 19.3 Å². The van der Waals surface area contributed by atoms with Crippen LogP contribution in [-0.2, 0) is 14.6 Å². The molecule has 0 aliphatic heterocycles. The molecule has 1 unspecified atom stereocenters. The minimum atomic E-state index is -4.88. The van der Waals surface area contributed by atoms with Gasteiger partial charge in [0.25, 0.3) is 5.91 Å². The van der Waals surface area contributed by atoms with Gasteiger partial charge in [0.05, 0.1) is 33.0 Å². The maximum absolute atomic E-state index is 13.7. The summed E-state index contributed by atoms with van der Waals surface area (Å²) in [5.74, 6) is -5.76. The van der Waals surface area contributed by atoms with Crippen LogP contribution in [0.1, 0.15) is 27.4 Å². The number of hydrogen-bond acceptors (Lipinski definition) is 4. The number of alkyl halides is 6. The predicted molar refractivity (Wildman–Crippen MR) is 125 cm³/mol. The third kappa shape index (κ3) is 8.88. The quantitative estimate of drug-likeness (QED) is 0.314. The van der Waals surface area contributed by atoms with Crippen LogP contribution in [0.4, 0.5) is 30.7 Å². The summed E-state index contributed by atoms with van der Waals surface area (Å²) in [6.07, 6.45) is -7.31. The fraction of sp³-hybridized carbons (Fsp3) is 0.273. The molecule has 38 heavy (non-hydrogen) atoms. The Labute approximate surface area is 221 Å². The molecule has 0 aliphatic carbocycles.